The number of hydrogen-bond acceptors (Lipinski definition) is 6. The van der Waals surface area contributed by atoms with Gasteiger partial charge in [0.2, 0.25) is 5.95 Å². The van der Waals surface area contributed by atoms with E-state index in [2.05, 4.69) is 16.1 Å². The highest BCUT2D eigenvalue weighted by Crippen LogP contribution is 2.55. The maximum atomic E-state index is 10.1. The fourth-order valence-electron chi connectivity index (χ4n) is 4.02. The number of rotatable bonds is 4. The van der Waals surface area contributed by atoms with Gasteiger partial charge in [-0.25, -0.2) is 9.97 Å². The minimum atomic E-state index is -0.497. The van der Waals surface area contributed by atoms with Crippen LogP contribution in [0.4, 0.5) is 5.95 Å². The van der Waals surface area contributed by atoms with E-state index in [4.69, 9.17) is 15.5 Å². The lowest BCUT2D eigenvalue weighted by Crippen LogP contribution is -2.03. The third kappa shape index (κ3) is 2.51. The molecule has 0 bridgehead atoms. The lowest BCUT2D eigenvalue weighted by atomic mass is 9.98. The van der Waals surface area contributed by atoms with E-state index in [0.29, 0.717) is 22.8 Å². The largest absolute Gasteiger partial charge is 0.494 e. The number of anilines is 1. The van der Waals surface area contributed by atoms with Gasteiger partial charge in [0.15, 0.2) is 11.5 Å². The van der Waals surface area contributed by atoms with E-state index in [1.807, 2.05) is 36.4 Å². The first-order chi connectivity index (χ1) is 13.6. The molecule has 7 nitrogen and oxygen atoms in total. The summed E-state index contributed by atoms with van der Waals surface area (Å²) < 4.78 is 7.01. The average Bonchev–Trinajstić information content (AvgIpc) is 3.37. The Kier molecular flexibility index (Phi) is 3.73. The third-order valence-corrected chi connectivity index (χ3v) is 5.49. The maximum Gasteiger partial charge on any atom is 0.223 e. The van der Waals surface area contributed by atoms with Gasteiger partial charge in [-0.3, -0.25) is 0 Å². The molecule has 1 aliphatic rings. The number of nitrogen functional groups attached to an aromatic ring is 1. The lowest BCUT2D eigenvalue weighted by molar-refractivity contribution is 0.198. The molecule has 2 heterocycles. The van der Waals surface area contributed by atoms with Gasteiger partial charge in [-0.2, -0.15) is 4.52 Å². The number of aliphatic hydroxyl groups is 1. The molecule has 7 heteroatoms. The maximum absolute atomic E-state index is 10.1. The number of para-hydroxylation sites is 1. The highest BCUT2D eigenvalue weighted by atomic mass is 16.5. The molecule has 2 aromatic carbocycles. The van der Waals surface area contributed by atoms with Crippen LogP contribution in [0.25, 0.3) is 16.6 Å². The first-order valence-corrected chi connectivity index (χ1v) is 9.34. The molecule has 0 radical (unpaired) electrons. The first-order valence-electron chi connectivity index (χ1n) is 9.34. The van der Waals surface area contributed by atoms with Crippen molar-refractivity contribution in [2.24, 2.45) is 0 Å². The van der Waals surface area contributed by atoms with Crippen LogP contribution in [0.1, 0.15) is 48.2 Å². The van der Waals surface area contributed by atoms with Crippen molar-refractivity contribution in [3.8, 4) is 5.75 Å². The van der Waals surface area contributed by atoms with Crippen molar-refractivity contribution in [3.63, 3.8) is 0 Å². The van der Waals surface area contributed by atoms with Crippen molar-refractivity contribution in [2.75, 3.05) is 12.8 Å². The molecule has 4 aromatic rings. The van der Waals surface area contributed by atoms with Crippen molar-refractivity contribution in [1.29, 1.82) is 0 Å². The summed E-state index contributed by atoms with van der Waals surface area (Å²) in [7, 11) is 1.61. The quantitative estimate of drug-likeness (QED) is 0.568. The van der Waals surface area contributed by atoms with Crippen LogP contribution in [0.15, 0.2) is 42.5 Å². The topological polar surface area (TPSA) is 98.6 Å². The number of aliphatic hydroxyl groups excluding tert-OH is 1. The summed E-state index contributed by atoms with van der Waals surface area (Å²) in [5, 5.41) is 15.6. The number of fused-ring (bicyclic) bond motifs is 3. The number of hydrogen-bond donors (Lipinski definition) is 2. The minimum absolute atomic E-state index is 0.208. The second kappa shape index (κ2) is 6.17. The predicted octanol–water partition coefficient (Wildman–Crippen LogP) is 3.19. The smallest absolute Gasteiger partial charge is 0.223 e. The van der Waals surface area contributed by atoms with Crippen LogP contribution in [0.5, 0.6) is 5.75 Å². The molecule has 3 N–H and O–H groups in total. The number of benzene rings is 2. The van der Waals surface area contributed by atoms with E-state index in [1.165, 1.54) is 5.56 Å². The summed E-state index contributed by atoms with van der Waals surface area (Å²) in [6, 6.07) is 13.7. The van der Waals surface area contributed by atoms with Crippen molar-refractivity contribution in [2.45, 2.75) is 31.3 Å². The molecule has 1 aliphatic carbocycles. The van der Waals surface area contributed by atoms with E-state index in [1.54, 1.807) is 18.5 Å². The zero-order chi connectivity index (χ0) is 19.4. The Hall–Kier alpha value is -3.19. The molecular weight excluding hydrogens is 354 g/mol. The summed E-state index contributed by atoms with van der Waals surface area (Å²) in [5.74, 6) is 2.21. The molecule has 28 heavy (non-hydrogen) atoms. The van der Waals surface area contributed by atoms with Crippen LogP contribution >= 0.6 is 0 Å². The van der Waals surface area contributed by atoms with Gasteiger partial charge in [-0.15, -0.1) is 5.10 Å². The number of ether oxygens (including phenoxy) is 1. The highest BCUT2D eigenvalue weighted by molar-refractivity contribution is 5.95. The van der Waals surface area contributed by atoms with Gasteiger partial charge < -0.3 is 15.6 Å². The molecule has 0 amide bonds. The standard InChI is InChI=1S/C21H21N5O2/c1-11(27)12-6-3-4-7-13(12)15-10-16(15)19-24-20-14-8-5-9-17(28-2)18(14)23-21(22)26(20)25-19/h3-9,11,15-16,27H,10H2,1-2H3,(H2,22,23)/t11-,15?,16?/m0/s1. The van der Waals surface area contributed by atoms with E-state index < -0.39 is 6.10 Å². The zero-order valence-corrected chi connectivity index (χ0v) is 15.7. The number of nitrogens with zero attached hydrogens (tertiary/aromatic N) is 4. The second-order valence-electron chi connectivity index (χ2n) is 7.29. The normalized spacial score (nSPS) is 19.8. The highest BCUT2D eigenvalue weighted by Gasteiger charge is 2.44. The van der Waals surface area contributed by atoms with Crippen LogP contribution in [0.3, 0.4) is 0 Å². The van der Waals surface area contributed by atoms with Gasteiger partial charge in [0.05, 0.1) is 13.2 Å². The van der Waals surface area contributed by atoms with Gasteiger partial charge in [0, 0.05) is 11.3 Å². The third-order valence-electron chi connectivity index (χ3n) is 5.49. The van der Waals surface area contributed by atoms with Crippen LogP contribution in [0, 0.1) is 0 Å². The van der Waals surface area contributed by atoms with Gasteiger partial charge in [-0.1, -0.05) is 30.3 Å². The summed E-state index contributed by atoms with van der Waals surface area (Å²) >= 11 is 0. The van der Waals surface area contributed by atoms with Crippen LogP contribution < -0.4 is 10.5 Å². The van der Waals surface area contributed by atoms with Crippen molar-refractivity contribution < 1.29 is 9.84 Å². The fraction of sp³-hybridized carbons (Fsp3) is 0.286. The Balaban J connectivity index is 1.59. The lowest BCUT2D eigenvalue weighted by Gasteiger charge is -2.11. The summed E-state index contributed by atoms with van der Waals surface area (Å²) in [6.07, 6.45) is 0.456. The van der Waals surface area contributed by atoms with Crippen LogP contribution in [-0.4, -0.2) is 31.8 Å². The molecular formula is C21H21N5O2. The van der Waals surface area contributed by atoms with Crippen LogP contribution in [0.2, 0.25) is 0 Å². The number of nitrogens with two attached hydrogens (primary N) is 1. The predicted molar refractivity (Wildman–Crippen MR) is 106 cm³/mol. The fourth-order valence-corrected chi connectivity index (χ4v) is 4.02. The Morgan fingerprint density at radius 2 is 1.96 bits per heavy atom. The molecule has 1 fully saturated rings. The molecule has 0 aliphatic heterocycles. The minimum Gasteiger partial charge on any atom is -0.494 e. The average molecular weight is 375 g/mol. The zero-order valence-electron chi connectivity index (χ0n) is 15.7. The Labute approximate surface area is 161 Å². The molecule has 1 saturated carbocycles. The van der Waals surface area contributed by atoms with Gasteiger partial charge in [0.25, 0.3) is 0 Å². The molecule has 2 unspecified atom stereocenters. The van der Waals surface area contributed by atoms with Crippen molar-refractivity contribution >= 4 is 22.5 Å². The number of methoxy groups -OCH3 is 1. The van der Waals surface area contributed by atoms with Crippen molar-refractivity contribution in [3.05, 3.63) is 59.4 Å². The summed E-state index contributed by atoms with van der Waals surface area (Å²) in [6.45, 7) is 1.80. The Morgan fingerprint density at radius 1 is 1.14 bits per heavy atom. The Morgan fingerprint density at radius 3 is 2.75 bits per heavy atom. The van der Waals surface area contributed by atoms with Gasteiger partial charge in [0.1, 0.15) is 11.3 Å². The molecule has 5 rings (SSSR count). The second-order valence-corrected chi connectivity index (χ2v) is 7.29. The molecule has 2 aromatic heterocycles. The van der Waals surface area contributed by atoms with E-state index in [0.717, 1.165) is 23.2 Å². The molecule has 0 saturated heterocycles. The van der Waals surface area contributed by atoms with E-state index in [-0.39, 0.29) is 11.9 Å². The molecule has 0 spiro atoms. The molecule has 3 atom stereocenters. The molecule has 142 valence electrons. The Bertz CT molecular complexity index is 1200. The van der Waals surface area contributed by atoms with Gasteiger partial charge >= 0.3 is 0 Å². The first kappa shape index (κ1) is 16.9. The monoisotopic (exact) mass is 375 g/mol. The van der Waals surface area contributed by atoms with Gasteiger partial charge in [-0.05, 0) is 42.5 Å². The summed E-state index contributed by atoms with van der Waals surface area (Å²) in [4.78, 5) is 9.27. The number of aromatic nitrogens is 4. The van der Waals surface area contributed by atoms with Crippen molar-refractivity contribution in [1.82, 2.24) is 19.6 Å². The summed E-state index contributed by atoms with van der Waals surface area (Å²) in [5.41, 5.74) is 9.65. The SMILES string of the molecule is COc1cccc2c1nc(N)n1nc(C3CC3c3ccccc3[C@H](C)O)nc21. The van der Waals surface area contributed by atoms with E-state index >= 15 is 0 Å². The van der Waals surface area contributed by atoms with Crippen LogP contribution in [-0.2, 0) is 0 Å². The van der Waals surface area contributed by atoms with E-state index in [9.17, 15) is 5.11 Å².